The highest BCUT2D eigenvalue weighted by Gasteiger charge is 2.14. The lowest BCUT2D eigenvalue weighted by atomic mass is 10.1. The molecular formula is C26H30N2O5. The van der Waals surface area contributed by atoms with Crippen molar-refractivity contribution in [3.63, 3.8) is 0 Å². The standard InChI is InChI=1S/C26H30N2O5/c1-4-24-27-23(20-9-7-6-8-10-20)17-25(29)28(24)15-16-32-21-11-13-22(14-12-21)33-18-19(3)26(30)31-5-2/h6-14,17,19H,4-5,15-16,18H2,1-3H3. The van der Waals surface area contributed by atoms with Crippen LogP contribution in [0.4, 0.5) is 0 Å². The molecule has 0 amide bonds. The summed E-state index contributed by atoms with van der Waals surface area (Å²) in [6.45, 7) is 6.86. The maximum absolute atomic E-state index is 12.7. The number of nitrogens with zero attached hydrogens (tertiary/aromatic N) is 2. The summed E-state index contributed by atoms with van der Waals surface area (Å²) in [5.74, 6) is 1.42. The zero-order valence-corrected chi connectivity index (χ0v) is 19.3. The molecule has 0 aliphatic rings. The number of carbonyl (C=O) groups is 1. The molecule has 1 unspecified atom stereocenters. The molecule has 33 heavy (non-hydrogen) atoms. The Bertz CT molecular complexity index is 1090. The minimum Gasteiger partial charge on any atom is -0.493 e. The van der Waals surface area contributed by atoms with Gasteiger partial charge >= 0.3 is 5.97 Å². The molecule has 174 valence electrons. The highest BCUT2D eigenvalue weighted by molar-refractivity contribution is 5.72. The summed E-state index contributed by atoms with van der Waals surface area (Å²) in [6, 6.07) is 18.4. The molecule has 0 saturated carbocycles. The fourth-order valence-corrected chi connectivity index (χ4v) is 3.28. The minimum atomic E-state index is -0.339. The number of aryl methyl sites for hydroxylation is 1. The molecule has 0 spiro atoms. The molecule has 3 rings (SSSR count). The van der Waals surface area contributed by atoms with Crippen molar-refractivity contribution >= 4 is 5.97 Å². The molecular weight excluding hydrogens is 420 g/mol. The van der Waals surface area contributed by atoms with Gasteiger partial charge in [-0.1, -0.05) is 37.3 Å². The normalized spacial score (nSPS) is 11.6. The van der Waals surface area contributed by atoms with Crippen LogP contribution in [0.3, 0.4) is 0 Å². The van der Waals surface area contributed by atoms with Gasteiger partial charge in [-0.2, -0.15) is 0 Å². The van der Waals surface area contributed by atoms with E-state index >= 15 is 0 Å². The van der Waals surface area contributed by atoms with Crippen molar-refractivity contribution in [3.05, 3.63) is 76.8 Å². The molecule has 0 aliphatic heterocycles. The fourth-order valence-electron chi connectivity index (χ4n) is 3.28. The predicted octanol–water partition coefficient (Wildman–Crippen LogP) is 4.13. The van der Waals surface area contributed by atoms with Gasteiger partial charge in [0, 0.05) is 18.1 Å². The van der Waals surface area contributed by atoms with Gasteiger partial charge in [0.05, 0.1) is 24.8 Å². The Kier molecular flexibility index (Phi) is 8.63. The molecule has 0 fully saturated rings. The summed E-state index contributed by atoms with van der Waals surface area (Å²) in [5, 5.41) is 0. The molecule has 7 nitrogen and oxygen atoms in total. The number of esters is 1. The average molecular weight is 451 g/mol. The number of carbonyl (C=O) groups excluding carboxylic acids is 1. The van der Waals surface area contributed by atoms with Crippen LogP contribution >= 0.6 is 0 Å². The zero-order chi connectivity index (χ0) is 23.6. The number of ether oxygens (including phenoxy) is 3. The molecule has 2 aromatic carbocycles. The van der Waals surface area contributed by atoms with E-state index in [-0.39, 0.29) is 24.1 Å². The minimum absolute atomic E-state index is 0.0937. The van der Waals surface area contributed by atoms with Crippen LogP contribution in [0.2, 0.25) is 0 Å². The van der Waals surface area contributed by atoms with Crippen molar-refractivity contribution in [2.24, 2.45) is 5.92 Å². The number of rotatable bonds is 11. The quantitative estimate of drug-likeness (QED) is 0.409. The summed E-state index contributed by atoms with van der Waals surface area (Å²) < 4.78 is 18.1. The molecule has 7 heteroatoms. The van der Waals surface area contributed by atoms with Crippen molar-refractivity contribution < 1.29 is 19.0 Å². The summed E-state index contributed by atoms with van der Waals surface area (Å²) in [4.78, 5) is 29.1. The Hall–Kier alpha value is -3.61. The van der Waals surface area contributed by atoms with Gasteiger partial charge < -0.3 is 14.2 Å². The van der Waals surface area contributed by atoms with E-state index in [2.05, 4.69) is 4.98 Å². The van der Waals surface area contributed by atoms with Crippen LogP contribution in [-0.4, -0.2) is 35.3 Å². The number of aromatic nitrogens is 2. The molecule has 1 atom stereocenters. The van der Waals surface area contributed by atoms with E-state index in [9.17, 15) is 9.59 Å². The van der Waals surface area contributed by atoms with E-state index in [0.717, 1.165) is 11.4 Å². The van der Waals surface area contributed by atoms with Crippen molar-refractivity contribution in [1.82, 2.24) is 9.55 Å². The first-order valence-corrected chi connectivity index (χ1v) is 11.2. The first-order chi connectivity index (χ1) is 16.0. The van der Waals surface area contributed by atoms with Crippen LogP contribution in [0, 0.1) is 5.92 Å². The smallest absolute Gasteiger partial charge is 0.312 e. The molecule has 3 aromatic rings. The number of benzene rings is 2. The van der Waals surface area contributed by atoms with Crippen LogP contribution in [0.1, 0.15) is 26.6 Å². The fraction of sp³-hybridized carbons (Fsp3) is 0.346. The first kappa shape index (κ1) is 24.0. The van der Waals surface area contributed by atoms with Crippen LogP contribution < -0.4 is 15.0 Å². The average Bonchev–Trinajstić information content (AvgIpc) is 2.84. The third kappa shape index (κ3) is 6.68. The van der Waals surface area contributed by atoms with E-state index in [1.54, 1.807) is 48.7 Å². The third-order valence-electron chi connectivity index (χ3n) is 5.07. The van der Waals surface area contributed by atoms with E-state index in [4.69, 9.17) is 14.2 Å². The Labute approximate surface area is 194 Å². The maximum atomic E-state index is 12.7. The second kappa shape index (κ2) is 11.9. The number of hydrogen-bond acceptors (Lipinski definition) is 6. The molecule has 1 aromatic heterocycles. The highest BCUT2D eigenvalue weighted by Crippen LogP contribution is 2.19. The van der Waals surface area contributed by atoms with Gasteiger partial charge in [-0.25, -0.2) is 4.98 Å². The van der Waals surface area contributed by atoms with Crippen LogP contribution in [0.15, 0.2) is 65.5 Å². The van der Waals surface area contributed by atoms with Gasteiger partial charge in [-0.15, -0.1) is 0 Å². The SMILES string of the molecule is CCOC(=O)C(C)COc1ccc(OCCn2c(CC)nc(-c3ccccc3)cc2=O)cc1. The number of hydrogen-bond donors (Lipinski definition) is 0. The molecule has 0 bridgehead atoms. The predicted molar refractivity (Wildman–Crippen MR) is 127 cm³/mol. The first-order valence-electron chi connectivity index (χ1n) is 11.2. The molecule has 0 aliphatic carbocycles. The Morgan fingerprint density at radius 1 is 1.00 bits per heavy atom. The maximum Gasteiger partial charge on any atom is 0.312 e. The summed E-state index contributed by atoms with van der Waals surface area (Å²) in [5.41, 5.74) is 1.51. The van der Waals surface area contributed by atoms with Gasteiger partial charge in [-0.05, 0) is 38.1 Å². The van der Waals surface area contributed by atoms with Crippen molar-refractivity contribution in [2.45, 2.75) is 33.7 Å². The monoisotopic (exact) mass is 450 g/mol. The third-order valence-corrected chi connectivity index (χ3v) is 5.07. The lowest BCUT2D eigenvalue weighted by Gasteiger charge is -2.14. The second-order valence-electron chi connectivity index (χ2n) is 7.55. The van der Waals surface area contributed by atoms with E-state index in [1.165, 1.54) is 0 Å². The second-order valence-corrected chi connectivity index (χ2v) is 7.55. The molecule has 1 heterocycles. The Morgan fingerprint density at radius 2 is 1.67 bits per heavy atom. The van der Waals surface area contributed by atoms with Gasteiger partial charge in [0.15, 0.2) is 0 Å². The Morgan fingerprint density at radius 3 is 2.30 bits per heavy atom. The van der Waals surface area contributed by atoms with Crippen molar-refractivity contribution in [2.75, 3.05) is 19.8 Å². The summed E-state index contributed by atoms with van der Waals surface area (Å²) in [7, 11) is 0. The molecule has 0 saturated heterocycles. The van der Waals surface area contributed by atoms with Crippen LogP contribution in [0.5, 0.6) is 11.5 Å². The lowest BCUT2D eigenvalue weighted by Crippen LogP contribution is -2.27. The van der Waals surface area contributed by atoms with E-state index in [0.29, 0.717) is 43.4 Å². The van der Waals surface area contributed by atoms with Gasteiger partial charge in [0.1, 0.15) is 30.5 Å². The lowest BCUT2D eigenvalue weighted by molar-refractivity contribution is -0.148. The molecule has 0 N–H and O–H groups in total. The summed E-state index contributed by atoms with van der Waals surface area (Å²) >= 11 is 0. The van der Waals surface area contributed by atoms with Gasteiger partial charge in [0.25, 0.3) is 5.56 Å². The summed E-state index contributed by atoms with van der Waals surface area (Å²) in [6.07, 6.45) is 0.645. The zero-order valence-electron chi connectivity index (χ0n) is 19.3. The van der Waals surface area contributed by atoms with Crippen molar-refractivity contribution in [3.8, 4) is 22.8 Å². The van der Waals surface area contributed by atoms with E-state index < -0.39 is 0 Å². The topological polar surface area (TPSA) is 79.7 Å². The molecule has 0 radical (unpaired) electrons. The van der Waals surface area contributed by atoms with Gasteiger partial charge in [0.2, 0.25) is 0 Å². The van der Waals surface area contributed by atoms with Crippen molar-refractivity contribution in [1.29, 1.82) is 0 Å². The van der Waals surface area contributed by atoms with Crippen LogP contribution in [-0.2, 0) is 22.5 Å². The Balaban J connectivity index is 1.56. The largest absolute Gasteiger partial charge is 0.493 e. The van der Waals surface area contributed by atoms with Crippen LogP contribution in [0.25, 0.3) is 11.3 Å². The highest BCUT2D eigenvalue weighted by atomic mass is 16.5. The van der Waals surface area contributed by atoms with E-state index in [1.807, 2.05) is 37.3 Å². The van der Waals surface area contributed by atoms with Gasteiger partial charge in [-0.3, -0.25) is 14.2 Å².